The molecule has 0 saturated carbocycles. The van der Waals surface area contributed by atoms with E-state index in [-0.39, 0.29) is 23.3 Å². The van der Waals surface area contributed by atoms with Gasteiger partial charge in [0.25, 0.3) is 0 Å². The Labute approximate surface area is 128 Å². The van der Waals surface area contributed by atoms with Crippen LogP contribution in [-0.2, 0) is 14.3 Å². The van der Waals surface area contributed by atoms with Gasteiger partial charge in [-0.05, 0) is 24.2 Å². The second kappa shape index (κ2) is 7.78. The Bertz CT molecular complexity index is 367. The van der Waals surface area contributed by atoms with E-state index in [9.17, 15) is 9.59 Å². The third-order valence-corrected chi connectivity index (χ3v) is 3.86. The van der Waals surface area contributed by atoms with Gasteiger partial charge in [-0.1, -0.05) is 27.7 Å². The molecule has 1 aliphatic heterocycles. The lowest BCUT2D eigenvalue weighted by Crippen LogP contribution is -2.47. The SMILES string of the molecule is COCCC(C)(C)CN1CCC(=O)NC(CC(C)C)C1=O. The van der Waals surface area contributed by atoms with Crippen LogP contribution < -0.4 is 5.32 Å². The molecule has 0 aliphatic carbocycles. The highest BCUT2D eigenvalue weighted by Crippen LogP contribution is 2.23. The molecule has 122 valence electrons. The normalized spacial score (nSPS) is 20.7. The Hall–Kier alpha value is -1.10. The first kappa shape index (κ1) is 18.0. The largest absolute Gasteiger partial charge is 0.385 e. The topological polar surface area (TPSA) is 58.6 Å². The first-order valence-electron chi connectivity index (χ1n) is 7.82. The molecule has 5 heteroatoms. The molecule has 1 rings (SSSR count). The first-order valence-corrected chi connectivity index (χ1v) is 7.82. The number of methoxy groups -OCH3 is 1. The maximum absolute atomic E-state index is 12.7. The van der Waals surface area contributed by atoms with Gasteiger partial charge in [0.1, 0.15) is 6.04 Å². The van der Waals surface area contributed by atoms with Crippen LogP contribution in [-0.4, -0.2) is 49.6 Å². The van der Waals surface area contributed by atoms with Crippen LogP contribution in [0.25, 0.3) is 0 Å². The van der Waals surface area contributed by atoms with Gasteiger partial charge >= 0.3 is 0 Å². The van der Waals surface area contributed by atoms with Crippen molar-refractivity contribution in [3.63, 3.8) is 0 Å². The van der Waals surface area contributed by atoms with E-state index in [1.165, 1.54) is 0 Å². The summed E-state index contributed by atoms with van der Waals surface area (Å²) in [4.78, 5) is 26.3. The molecule has 1 N–H and O–H groups in total. The second-order valence-corrected chi connectivity index (χ2v) is 7.17. The highest BCUT2D eigenvalue weighted by atomic mass is 16.5. The van der Waals surface area contributed by atoms with Crippen LogP contribution in [0.3, 0.4) is 0 Å². The molecule has 21 heavy (non-hydrogen) atoms. The Kier molecular flexibility index (Phi) is 6.65. The van der Waals surface area contributed by atoms with E-state index in [0.29, 0.717) is 38.5 Å². The summed E-state index contributed by atoms with van der Waals surface area (Å²) in [7, 11) is 1.69. The minimum absolute atomic E-state index is 0.0125. The summed E-state index contributed by atoms with van der Waals surface area (Å²) < 4.78 is 5.14. The molecule has 0 aromatic carbocycles. The number of carbonyl (C=O) groups is 2. The number of ether oxygens (including phenoxy) is 1. The number of nitrogens with one attached hydrogen (secondary N) is 1. The smallest absolute Gasteiger partial charge is 0.245 e. The van der Waals surface area contributed by atoms with Crippen molar-refractivity contribution in [2.45, 2.75) is 53.0 Å². The highest BCUT2D eigenvalue weighted by molar-refractivity contribution is 5.89. The average molecular weight is 298 g/mol. The van der Waals surface area contributed by atoms with Crippen LogP contribution in [0.15, 0.2) is 0 Å². The molecule has 1 unspecified atom stereocenters. The van der Waals surface area contributed by atoms with Crippen LogP contribution in [0.2, 0.25) is 0 Å². The minimum atomic E-state index is -0.377. The Morgan fingerprint density at radius 2 is 2.05 bits per heavy atom. The standard InChI is InChI=1S/C16H30N2O3/c1-12(2)10-13-15(20)18(8-6-14(19)17-13)11-16(3,4)7-9-21-5/h12-13H,6-11H2,1-5H3,(H,17,19). The molecule has 1 aliphatic rings. The summed E-state index contributed by atoms with van der Waals surface area (Å²) in [5, 5.41) is 2.86. The predicted molar refractivity (Wildman–Crippen MR) is 82.9 cm³/mol. The molecule has 2 amide bonds. The van der Waals surface area contributed by atoms with Crippen LogP contribution in [0.1, 0.15) is 47.0 Å². The van der Waals surface area contributed by atoms with Crippen molar-refractivity contribution in [1.29, 1.82) is 0 Å². The van der Waals surface area contributed by atoms with E-state index >= 15 is 0 Å². The zero-order valence-corrected chi connectivity index (χ0v) is 14.1. The summed E-state index contributed by atoms with van der Waals surface area (Å²) in [5.41, 5.74) is -0.0125. The summed E-state index contributed by atoms with van der Waals surface area (Å²) in [6.07, 6.45) is 1.98. The van der Waals surface area contributed by atoms with Crippen molar-refractivity contribution in [3.8, 4) is 0 Å². The number of nitrogens with zero attached hydrogens (tertiary/aromatic N) is 1. The fourth-order valence-corrected chi connectivity index (χ4v) is 2.66. The number of rotatable bonds is 7. The highest BCUT2D eigenvalue weighted by Gasteiger charge is 2.33. The van der Waals surface area contributed by atoms with Gasteiger partial charge in [0.2, 0.25) is 11.8 Å². The van der Waals surface area contributed by atoms with E-state index in [0.717, 1.165) is 6.42 Å². The van der Waals surface area contributed by atoms with Crippen LogP contribution >= 0.6 is 0 Å². The number of amides is 2. The summed E-state index contributed by atoms with van der Waals surface area (Å²) in [6, 6.07) is -0.377. The number of hydrogen-bond acceptors (Lipinski definition) is 3. The average Bonchev–Trinajstić information content (AvgIpc) is 2.49. The molecule has 5 nitrogen and oxygen atoms in total. The maximum atomic E-state index is 12.7. The fourth-order valence-electron chi connectivity index (χ4n) is 2.66. The van der Waals surface area contributed by atoms with E-state index in [2.05, 4.69) is 33.0 Å². The van der Waals surface area contributed by atoms with Gasteiger partial charge < -0.3 is 15.0 Å². The molecule has 0 radical (unpaired) electrons. The van der Waals surface area contributed by atoms with Crippen molar-refractivity contribution in [3.05, 3.63) is 0 Å². The minimum Gasteiger partial charge on any atom is -0.385 e. The molecular formula is C16H30N2O3. The fraction of sp³-hybridized carbons (Fsp3) is 0.875. The lowest BCUT2D eigenvalue weighted by molar-refractivity contribution is -0.135. The lowest BCUT2D eigenvalue weighted by Gasteiger charge is -2.33. The molecule has 0 aromatic rings. The van der Waals surface area contributed by atoms with Crippen molar-refractivity contribution in [1.82, 2.24) is 10.2 Å². The van der Waals surface area contributed by atoms with E-state index in [1.54, 1.807) is 7.11 Å². The van der Waals surface area contributed by atoms with Gasteiger partial charge in [-0.15, -0.1) is 0 Å². The maximum Gasteiger partial charge on any atom is 0.245 e. The number of carbonyl (C=O) groups excluding carboxylic acids is 2. The van der Waals surface area contributed by atoms with Gasteiger partial charge in [0.05, 0.1) is 0 Å². The van der Waals surface area contributed by atoms with Crippen molar-refractivity contribution in [2.75, 3.05) is 26.8 Å². The third-order valence-electron chi connectivity index (χ3n) is 3.86. The van der Waals surface area contributed by atoms with E-state index < -0.39 is 0 Å². The Balaban J connectivity index is 2.75. The molecule has 1 saturated heterocycles. The molecule has 1 heterocycles. The van der Waals surface area contributed by atoms with E-state index in [4.69, 9.17) is 4.74 Å². The first-order chi connectivity index (χ1) is 9.75. The molecule has 0 spiro atoms. The van der Waals surface area contributed by atoms with Crippen molar-refractivity contribution >= 4 is 11.8 Å². The van der Waals surface area contributed by atoms with Crippen LogP contribution in [0.4, 0.5) is 0 Å². The lowest BCUT2D eigenvalue weighted by atomic mass is 9.88. The Morgan fingerprint density at radius 1 is 1.38 bits per heavy atom. The molecule has 1 fully saturated rings. The summed E-state index contributed by atoms with van der Waals surface area (Å²) >= 11 is 0. The molecule has 0 bridgehead atoms. The molecular weight excluding hydrogens is 268 g/mol. The van der Waals surface area contributed by atoms with Gasteiger partial charge in [-0.25, -0.2) is 0 Å². The quantitative estimate of drug-likeness (QED) is 0.780. The third kappa shape index (κ3) is 6.04. The summed E-state index contributed by atoms with van der Waals surface area (Å²) in [5.74, 6) is 0.409. The van der Waals surface area contributed by atoms with Gasteiger partial charge in [0, 0.05) is 33.2 Å². The zero-order valence-electron chi connectivity index (χ0n) is 14.1. The monoisotopic (exact) mass is 298 g/mol. The molecule has 0 aromatic heterocycles. The van der Waals surface area contributed by atoms with E-state index in [1.807, 2.05) is 4.90 Å². The van der Waals surface area contributed by atoms with Crippen molar-refractivity contribution in [2.24, 2.45) is 11.3 Å². The van der Waals surface area contributed by atoms with Crippen molar-refractivity contribution < 1.29 is 14.3 Å². The molecule has 1 atom stereocenters. The second-order valence-electron chi connectivity index (χ2n) is 7.17. The zero-order chi connectivity index (χ0) is 16.0. The predicted octanol–water partition coefficient (Wildman–Crippen LogP) is 1.81. The van der Waals surface area contributed by atoms with Crippen LogP contribution in [0.5, 0.6) is 0 Å². The Morgan fingerprint density at radius 3 is 2.62 bits per heavy atom. The van der Waals surface area contributed by atoms with Gasteiger partial charge in [-0.3, -0.25) is 9.59 Å². The summed E-state index contributed by atoms with van der Waals surface area (Å²) in [6.45, 7) is 10.3. The number of hydrogen-bond donors (Lipinski definition) is 1. The van der Waals surface area contributed by atoms with Gasteiger partial charge in [-0.2, -0.15) is 0 Å². The van der Waals surface area contributed by atoms with Gasteiger partial charge in [0.15, 0.2) is 0 Å². The van der Waals surface area contributed by atoms with Crippen LogP contribution in [0, 0.1) is 11.3 Å².